The molecule has 0 aromatic carbocycles. The van der Waals surface area contributed by atoms with Crippen LogP contribution >= 0.6 is 0 Å². The Balaban J connectivity index is 2.38. The van der Waals surface area contributed by atoms with Crippen molar-refractivity contribution in [3.8, 4) is 5.95 Å². The Morgan fingerprint density at radius 3 is 2.50 bits per heavy atom. The zero-order chi connectivity index (χ0) is 14.4. The molecule has 0 amide bonds. The highest BCUT2D eigenvalue weighted by atomic mass is 16.3. The monoisotopic (exact) mass is 280 g/mol. The summed E-state index contributed by atoms with van der Waals surface area (Å²) < 4.78 is 1.40. The summed E-state index contributed by atoms with van der Waals surface area (Å²) in [6.45, 7) is 0.480. The van der Waals surface area contributed by atoms with Gasteiger partial charge >= 0.3 is 0 Å². The number of nitrogens with one attached hydrogen (secondary N) is 1. The number of hydrogen-bond donors (Lipinski definition) is 3. The zero-order valence-electron chi connectivity index (χ0n) is 11.0. The van der Waals surface area contributed by atoms with Gasteiger partial charge in [0.1, 0.15) is 12.7 Å². The minimum atomic E-state index is -0.0702. The van der Waals surface area contributed by atoms with E-state index in [1.165, 1.54) is 17.3 Å². The molecule has 2 rings (SSSR count). The first-order valence-corrected chi connectivity index (χ1v) is 6.04. The SMILES string of the molecule is CNc1nc(N(CCO)CCO)nc(-n2cncn2)n1. The highest BCUT2D eigenvalue weighted by Gasteiger charge is 2.13. The number of nitrogens with zero attached hydrogens (tertiary/aromatic N) is 7. The van der Waals surface area contributed by atoms with Gasteiger partial charge in [0, 0.05) is 20.1 Å². The fourth-order valence-electron chi connectivity index (χ4n) is 1.57. The van der Waals surface area contributed by atoms with Crippen LogP contribution in [0.25, 0.3) is 5.95 Å². The number of aromatic nitrogens is 6. The van der Waals surface area contributed by atoms with Crippen LogP contribution < -0.4 is 10.2 Å². The van der Waals surface area contributed by atoms with E-state index in [9.17, 15) is 0 Å². The van der Waals surface area contributed by atoms with Crippen molar-refractivity contribution in [2.45, 2.75) is 0 Å². The van der Waals surface area contributed by atoms with E-state index in [0.717, 1.165) is 0 Å². The number of anilines is 2. The molecule has 3 N–H and O–H groups in total. The molecule has 2 aromatic rings. The zero-order valence-corrected chi connectivity index (χ0v) is 11.0. The van der Waals surface area contributed by atoms with Crippen molar-refractivity contribution in [3.63, 3.8) is 0 Å². The van der Waals surface area contributed by atoms with Gasteiger partial charge in [0.2, 0.25) is 11.9 Å². The molecule has 0 unspecified atom stereocenters. The molecule has 108 valence electrons. The average molecular weight is 280 g/mol. The second kappa shape index (κ2) is 6.73. The van der Waals surface area contributed by atoms with Crippen molar-refractivity contribution >= 4 is 11.9 Å². The Morgan fingerprint density at radius 2 is 1.95 bits per heavy atom. The summed E-state index contributed by atoms with van der Waals surface area (Å²) in [4.78, 5) is 18.1. The van der Waals surface area contributed by atoms with Gasteiger partial charge in [-0.2, -0.15) is 24.7 Å². The van der Waals surface area contributed by atoms with Crippen molar-refractivity contribution in [1.82, 2.24) is 29.7 Å². The van der Waals surface area contributed by atoms with Crippen molar-refractivity contribution in [3.05, 3.63) is 12.7 Å². The van der Waals surface area contributed by atoms with E-state index in [4.69, 9.17) is 10.2 Å². The van der Waals surface area contributed by atoms with Crippen LogP contribution in [0.15, 0.2) is 12.7 Å². The van der Waals surface area contributed by atoms with Crippen LogP contribution in [-0.4, -0.2) is 73.3 Å². The summed E-state index contributed by atoms with van der Waals surface area (Å²) in [5.41, 5.74) is 0. The first-order valence-electron chi connectivity index (χ1n) is 6.04. The van der Waals surface area contributed by atoms with E-state index in [2.05, 4.69) is 30.4 Å². The van der Waals surface area contributed by atoms with E-state index in [1.807, 2.05) is 0 Å². The van der Waals surface area contributed by atoms with Gasteiger partial charge in [-0.25, -0.2) is 4.98 Å². The Bertz CT molecular complexity index is 526. The normalized spacial score (nSPS) is 10.6. The predicted octanol–water partition coefficient (Wildman–Crippen LogP) is -1.71. The maximum Gasteiger partial charge on any atom is 0.258 e. The van der Waals surface area contributed by atoms with E-state index < -0.39 is 0 Å². The molecular formula is C10H16N8O2. The van der Waals surface area contributed by atoms with E-state index in [0.29, 0.717) is 30.9 Å². The molecule has 0 fully saturated rings. The van der Waals surface area contributed by atoms with Crippen molar-refractivity contribution in [2.75, 3.05) is 43.6 Å². The minimum absolute atomic E-state index is 0.0702. The van der Waals surface area contributed by atoms with Crippen LogP contribution in [-0.2, 0) is 0 Å². The Labute approximate surface area is 115 Å². The van der Waals surface area contributed by atoms with Gasteiger partial charge in [-0.05, 0) is 0 Å². The van der Waals surface area contributed by atoms with Crippen LogP contribution in [0, 0.1) is 0 Å². The number of aliphatic hydroxyl groups is 2. The summed E-state index contributed by atoms with van der Waals surface area (Å²) in [6.07, 6.45) is 2.85. The topological polar surface area (TPSA) is 125 Å². The molecule has 0 aliphatic carbocycles. The lowest BCUT2D eigenvalue weighted by atomic mass is 10.5. The van der Waals surface area contributed by atoms with E-state index >= 15 is 0 Å². The number of rotatable bonds is 7. The smallest absolute Gasteiger partial charge is 0.258 e. The summed E-state index contributed by atoms with van der Waals surface area (Å²) >= 11 is 0. The summed E-state index contributed by atoms with van der Waals surface area (Å²) in [7, 11) is 1.69. The summed E-state index contributed by atoms with van der Waals surface area (Å²) in [5, 5.41) is 24.9. The second-order valence-corrected chi connectivity index (χ2v) is 3.78. The van der Waals surface area contributed by atoms with Crippen LogP contribution in [0.3, 0.4) is 0 Å². The van der Waals surface area contributed by atoms with Gasteiger partial charge in [-0.1, -0.05) is 0 Å². The van der Waals surface area contributed by atoms with Gasteiger partial charge in [0.25, 0.3) is 5.95 Å². The van der Waals surface area contributed by atoms with Crippen LogP contribution in [0.5, 0.6) is 0 Å². The molecule has 10 heteroatoms. The van der Waals surface area contributed by atoms with Gasteiger partial charge in [0.05, 0.1) is 13.2 Å². The number of hydrogen-bond acceptors (Lipinski definition) is 9. The molecule has 0 aliphatic rings. The molecule has 2 aromatic heterocycles. The fourth-order valence-corrected chi connectivity index (χ4v) is 1.57. The van der Waals surface area contributed by atoms with Gasteiger partial charge < -0.3 is 20.4 Å². The number of aliphatic hydroxyl groups excluding tert-OH is 2. The van der Waals surface area contributed by atoms with Gasteiger partial charge in [0.15, 0.2) is 0 Å². The summed E-state index contributed by atoms with van der Waals surface area (Å²) in [6, 6.07) is 0. The predicted molar refractivity (Wildman–Crippen MR) is 70.7 cm³/mol. The van der Waals surface area contributed by atoms with Crippen LogP contribution in [0.1, 0.15) is 0 Å². The Kier molecular flexibility index (Phi) is 4.74. The van der Waals surface area contributed by atoms with Gasteiger partial charge in [-0.15, -0.1) is 0 Å². The molecule has 0 aliphatic heterocycles. The molecule has 10 nitrogen and oxygen atoms in total. The molecule has 0 radical (unpaired) electrons. The molecular weight excluding hydrogens is 264 g/mol. The molecule has 2 heterocycles. The van der Waals surface area contributed by atoms with Crippen LogP contribution in [0.2, 0.25) is 0 Å². The molecule has 0 atom stereocenters. The Hall–Kier alpha value is -2.33. The quantitative estimate of drug-likeness (QED) is 0.543. The molecule has 0 spiro atoms. The molecule has 0 bridgehead atoms. The van der Waals surface area contributed by atoms with E-state index in [1.54, 1.807) is 11.9 Å². The van der Waals surface area contributed by atoms with Gasteiger partial charge in [-0.3, -0.25) is 0 Å². The second-order valence-electron chi connectivity index (χ2n) is 3.78. The largest absolute Gasteiger partial charge is 0.395 e. The van der Waals surface area contributed by atoms with Crippen molar-refractivity contribution in [1.29, 1.82) is 0 Å². The first-order chi connectivity index (χ1) is 9.78. The minimum Gasteiger partial charge on any atom is -0.395 e. The molecule has 20 heavy (non-hydrogen) atoms. The van der Waals surface area contributed by atoms with Crippen molar-refractivity contribution in [2.24, 2.45) is 0 Å². The lowest BCUT2D eigenvalue weighted by Gasteiger charge is -2.21. The molecule has 0 saturated heterocycles. The third-order valence-corrected chi connectivity index (χ3v) is 2.48. The first kappa shape index (κ1) is 14.1. The lowest BCUT2D eigenvalue weighted by molar-refractivity contribution is 0.280. The maximum absolute atomic E-state index is 9.07. The third-order valence-electron chi connectivity index (χ3n) is 2.48. The standard InChI is InChI=1S/C10H16N8O2/c1-11-8-14-9(17(2-4-19)3-5-20)16-10(15-8)18-7-12-6-13-18/h6-7,19-20H,2-5H2,1H3,(H,11,14,15,16). The lowest BCUT2D eigenvalue weighted by Crippen LogP contribution is -2.32. The van der Waals surface area contributed by atoms with E-state index in [-0.39, 0.29) is 13.2 Å². The maximum atomic E-state index is 9.07. The van der Waals surface area contributed by atoms with Crippen LogP contribution in [0.4, 0.5) is 11.9 Å². The van der Waals surface area contributed by atoms with Crippen molar-refractivity contribution < 1.29 is 10.2 Å². The highest BCUT2D eigenvalue weighted by Crippen LogP contribution is 2.12. The Morgan fingerprint density at radius 1 is 1.20 bits per heavy atom. The fraction of sp³-hybridized carbons (Fsp3) is 0.500. The highest BCUT2D eigenvalue weighted by molar-refractivity contribution is 5.39. The molecule has 0 saturated carbocycles. The average Bonchev–Trinajstić information content (AvgIpc) is 3.01. The summed E-state index contributed by atoms with van der Waals surface area (Å²) in [5.74, 6) is 1.01. The third kappa shape index (κ3) is 3.16.